The molecular weight excluding hydrogens is 226 g/mol. The van der Waals surface area contributed by atoms with Gasteiger partial charge in [-0.1, -0.05) is 20.8 Å². The highest BCUT2D eigenvalue weighted by atomic mass is 32.2. The molecule has 3 atom stereocenters. The van der Waals surface area contributed by atoms with Gasteiger partial charge >= 0.3 is 0 Å². The van der Waals surface area contributed by atoms with Crippen LogP contribution in [0.2, 0.25) is 0 Å². The average molecular weight is 255 g/mol. The smallest absolute Gasteiger partial charge is 0.0256 e. The number of thioether (sulfide) groups is 1. The maximum absolute atomic E-state index is 3.87. The summed E-state index contributed by atoms with van der Waals surface area (Å²) >= 11 is 2.17. The lowest BCUT2D eigenvalue weighted by atomic mass is 9.70. The van der Waals surface area contributed by atoms with Gasteiger partial charge in [0.25, 0.3) is 0 Å². The third-order valence-corrected chi connectivity index (χ3v) is 5.99. The quantitative estimate of drug-likeness (QED) is 0.815. The molecule has 2 rings (SSSR count). The van der Waals surface area contributed by atoms with Crippen LogP contribution in [0.15, 0.2) is 0 Å². The Morgan fingerprint density at radius 1 is 1.24 bits per heavy atom. The fourth-order valence-corrected chi connectivity index (χ4v) is 5.09. The summed E-state index contributed by atoms with van der Waals surface area (Å²) in [6.07, 6.45) is 6.95. The van der Waals surface area contributed by atoms with Crippen molar-refractivity contribution in [2.75, 3.05) is 12.3 Å². The zero-order chi connectivity index (χ0) is 12.5. The number of nitrogens with one attached hydrogen (secondary N) is 1. The Morgan fingerprint density at radius 3 is 2.59 bits per heavy atom. The Hall–Kier alpha value is 0.310. The summed E-state index contributed by atoms with van der Waals surface area (Å²) in [5.74, 6) is 2.25. The maximum Gasteiger partial charge on any atom is 0.0256 e. The van der Waals surface area contributed by atoms with Crippen LogP contribution in [-0.2, 0) is 0 Å². The van der Waals surface area contributed by atoms with Crippen LogP contribution in [0.25, 0.3) is 0 Å². The lowest BCUT2D eigenvalue weighted by Gasteiger charge is -2.40. The summed E-state index contributed by atoms with van der Waals surface area (Å²) in [7, 11) is 0. The zero-order valence-electron chi connectivity index (χ0n) is 12.0. The van der Waals surface area contributed by atoms with E-state index in [0.29, 0.717) is 10.2 Å². The highest BCUT2D eigenvalue weighted by Crippen LogP contribution is 2.40. The van der Waals surface area contributed by atoms with Crippen molar-refractivity contribution in [2.45, 2.75) is 70.6 Å². The van der Waals surface area contributed by atoms with E-state index in [0.717, 1.165) is 12.0 Å². The molecule has 1 aliphatic heterocycles. The predicted molar refractivity (Wildman–Crippen MR) is 78.7 cm³/mol. The molecule has 17 heavy (non-hydrogen) atoms. The van der Waals surface area contributed by atoms with Gasteiger partial charge in [-0.05, 0) is 56.1 Å². The Labute approximate surface area is 112 Å². The third kappa shape index (κ3) is 3.89. The van der Waals surface area contributed by atoms with Crippen LogP contribution in [0.1, 0.15) is 59.8 Å². The van der Waals surface area contributed by atoms with Crippen molar-refractivity contribution in [3.05, 3.63) is 0 Å². The molecule has 0 radical (unpaired) electrons. The number of hydrogen-bond acceptors (Lipinski definition) is 2. The summed E-state index contributed by atoms with van der Waals surface area (Å²) in [5, 5.41) is 3.87. The van der Waals surface area contributed by atoms with Crippen molar-refractivity contribution in [3.8, 4) is 0 Å². The molecule has 1 nitrogen and oxygen atoms in total. The van der Waals surface area contributed by atoms with E-state index in [-0.39, 0.29) is 0 Å². The molecule has 0 aromatic carbocycles. The molecule has 0 aromatic heterocycles. The second-order valence-electron chi connectivity index (χ2n) is 7.39. The van der Waals surface area contributed by atoms with Gasteiger partial charge in [-0.3, -0.25) is 0 Å². The molecule has 100 valence electrons. The highest BCUT2D eigenvalue weighted by molar-refractivity contribution is 8.00. The van der Waals surface area contributed by atoms with Gasteiger partial charge in [-0.15, -0.1) is 0 Å². The lowest BCUT2D eigenvalue weighted by molar-refractivity contribution is 0.150. The molecule has 0 amide bonds. The van der Waals surface area contributed by atoms with E-state index in [1.165, 1.54) is 44.4 Å². The molecule has 1 aliphatic carbocycles. The Kier molecular flexibility index (Phi) is 4.14. The topological polar surface area (TPSA) is 12.0 Å². The monoisotopic (exact) mass is 255 g/mol. The molecule has 0 spiro atoms. The molecule has 2 heteroatoms. The van der Waals surface area contributed by atoms with E-state index in [1.807, 2.05) is 0 Å². The van der Waals surface area contributed by atoms with Gasteiger partial charge < -0.3 is 5.32 Å². The lowest BCUT2D eigenvalue weighted by Crippen LogP contribution is -2.44. The molecule has 2 fully saturated rings. The molecule has 1 saturated heterocycles. The van der Waals surface area contributed by atoms with Gasteiger partial charge in [-0.2, -0.15) is 11.8 Å². The summed E-state index contributed by atoms with van der Waals surface area (Å²) in [4.78, 5) is 0. The summed E-state index contributed by atoms with van der Waals surface area (Å²) < 4.78 is 0.519. The average Bonchev–Trinajstić information content (AvgIpc) is 2.60. The van der Waals surface area contributed by atoms with E-state index < -0.39 is 0 Å². The van der Waals surface area contributed by atoms with Crippen molar-refractivity contribution in [1.29, 1.82) is 0 Å². The molecule has 1 N–H and O–H groups in total. The van der Waals surface area contributed by atoms with Crippen LogP contribution in [-0.4, -0.2) is 23.1 Å². The summed E-state index contributed by atoms with van der Waals surface area (Å²) in [5.41, 5.74) is 0.541. The van der Waals surface area contributed by atoms with Crippen LogP contribution in [0, 0.1) is 11.3 Å². The van der Waals surface area contributed by atoms with Gasteiger partial charge in [0.2, 0.25) is 0 Å². The molecule has 1 heterocycles. The van der Waals surface area contributed by atoms with Crippen molar-refractivity contribution in [2.24, 2.45) is 11.3 Å². The zero-order valence-corrected chi connectivity index (χ0v) is 12.8. The summed E-state index contributed by atoms with van der Waals surface area (Å²) in [6.45, 7) is 10.9. The molecule has 3 unspecified atom stereocenters. The molecule has 0 aromatic rings. The van der Waals surface area contributed by atoms with Gasteiger partial charge in [0, 0.05) is 17.3 Å². The van der Waals surface area contributed by atoms with Crippen LogP contribution in [0.5, 0.6) is 0 Å². The highest BCUT2D eigenvalue weighted by Gasteiger charge is 2.34. The fourth-order valence-electron chi connectivity index (χ4n) is 3.84. The molecular formula is C15H29NS. The number of rotatable bonds is 3. The van der Waals surface area contributed by atoms with E-state index >= 15 is 0 Å². The van der Waals surface area contributed by atoms with Crippen LogP contribution >= 0.6 is 11.8 Å². The second kappa shape index (κ2) is 5.13. The fraction of sp³-hybridized carbons (Fsp3) is 1.00. The minimum Gasteiger partial charge on any atom is -0.313 e. The minimum atomic E-state index is 0.519. The standard InChI is InChI=1S/C15H29NS/c1-12-8-13(10-14(2,3)9-12)16-11-15(4)6-5-7-17-15/h12-13,16H,5-11H2,1-4H3. The first kappa shape index (κ1) is 13.7. The van der Waals surface area contributed by atoms with Gasteiger partial charge in [-0.25, -0.2) is 0 Å². The van der Waals surface area contributed by atoms with Gasteiger partial charge in [0.05, 0.1) is 0 Å². The Bertz CT molecular complexity index is 256. The first-order valence-electron chi connectivity index (χ1n) is 7.26. The SMILES string of the molecule is CC1CC(NCC2(C)CCCS2)CC(C)(C)C1. The maximum atomic E-state index is 3.87. The van der Waals surface area contributed by atoms with Gasteiger partial charge in [0.15, 0.2) is 0 Å². The first-order chi connectivity index (χ1) is 7.89. The second-order valence-corrected chi connectivity index (χ2v) is 9.08. The van der Waals surface area contributed by atoms with Gasteiger partial charge in [0.1, 0.15) is 0 Å². The molecule has 2 aliphatic rings. The Morgan fingerprint density at radius 2 is 2.00 bits per heavy atom. The Balaban J connectivity index is 1.82. The van der Waals surface area contributed by atoms with Crippen LogP contribution < -0.4 is 5.32 Å². The third-order valence-electron chi connectivity index (χ3n) is 4.45. The van der Waals surface area contributed by atoms with Crippen molar-refractivity contribution >= 4 is 11.8 Å². The van der Waals surface area contributed by atoms with Crippen molar-refractivity contribution in [1.82, 2.24) is 5.32 Å². The van der Waals surface area contributed by atoms with Crippen molar-refractivity contribution < 1.29 is 0 Å². The molecule has 0 bridgehead atoms. The number of hydrogen-bond donors (Lipinski definition) is 1. The summed E-state index contributed by atoms with van der Waals surface area (Å²) in [6, 6.07) is 0.756. The largest absolute Gasteiger partial charge is 0.313 e. The molecule has 1 saturated carbocycles. The van der Waals surface area contributed by atoms with E-state index in [2.05, 4.69) is 44.8 Å². The van der Waals surface area contributed by atoms with Crippen LogP contribution in [0.3, 0.4) is 0 Å². The van der Waals surface area contributed by atoms with Crippen molar-refractivity contribution in [3.63, 3.8) is 0 Å². The first-order valence-corrected chi connectivity index (χ1v) is 8.25. The van der Waals surface area contributed by atoms with E-state index in [9.17, 15) is 0 Å². The minimum absolute atomic E-state index is 0.519. The predicted octanol–water partition coefficient (Wildman–Crippen LogP) is 4.08. The van der Waals surface area contributed by atoms with Crippen LogP contribution in [0.4, 0.5) is 0 Å². The van der Waals surface area contributed by atoms with E-state index in [4.69, 9.17) is 0 Å². The normalized spacial score (nSPS) is 41.6. The van der Waals surface area contributed by atoms with E-state index in [1.54, 1.807) is 0 Å².